The molecule has 0 saturated carbocycles. The molecule has 0 aliphatic carbocycles. The summed E-state index contributed by atoms with van der Waals surface area (Å²) in [6, 6.07) is 11.3. The first-order chi connectivity index (χ1) is 14.6. The van der Waals surface area contributed by atoms with E-state index in [0.29, 0.717) is 37.0 Å². The van der Waals surface area contributed by atoms with Gasteiger partial charge in [-0.2, -0.15) is 5.10 Å². The quantitative estimate of drug-likeness (QED) is 0.486. The minimum Gasteiger partial charge on any atom is -0.352 e. The van der Waals surface area contributed by atoms with E-state index >= 15 is 0 Å². The highest BCUT2D eigenvalue weighted by atomic mass is 35.5. The molecule has 1 aliphatic heterocycles. The summed E-state index contributed by atoms with van der Waals surface area (Å²) < 4.78 is 1.76. The minimum atomic E-state index is 0.0974. The topological polar surface area (TPSA) is 67.2 Å². The van der Waals surface area contributed by atoms with Gasteiger partial charge in [0.25, 0.3) is 5.91 Å². The zero-order valence-electron chi connectivity index (χ0n) is 16.3. The summed E-state index contributed by atoms with van der Waals surface area (Å²) in [5.74, 6) is 1.61. The molecule has 30 heavy (non-hydrogen) atoms. The number of aromatic nitrogens is 4. The van der Waals surface area contributed by atoms with Crippen LogP contribution in [0.25, 0.3) is 16.7 Å². The van der Waals surface area contributed by atoms with Gasteiger partial charge in [-0.05, 0) is 30.5 Å². The smallest absolute Gasteiger partial charge is 0.264 e. The lowest BCUT2D eigenvalue weighted by Gasteiger charge is -2.35. The number of carbonyl (C=O) groups is 1. The molecule has 1 saturated heterocycles. The van der Waals surface area contributed by atoms with E-state index in [1.807, 2.05) is 53.6 Å². The molecule has 1 amide bonds. The van der Waals surface area contributed by atoms with E-state index < -0.39 is 0 Å². The molecule has 0 N–H and O–H groups in total. The summed E-state index contributed by atoms with van der Waals surface area (Å²) in [4.78, 5) is 26.8. The second-order valence-corrected chi connectivity index (χ2v) is 8.45. The number of carbonyl (C=O) groups excluding carboxylic acids is 1. The van der Waals surface area contributed by atoms with Gasteiger partial charge in [-0.3, -0.25) is 4.79 Å². The van der Waals surface area contributed by atoms with Crippen LogP contribution in [-0.4, -0.2) is 56.7 Å². The average Bonchev–Trinajstić information content (AvgIpc) is 3.43. The summed E-state index contributed by atoms with van der Waals surface area (Å²) in [6.45, 7) is 4.60. The molecule has 1 fully saturated rings. The fourth-order valence-corrected chi connectivity index (χ4v) is 4.62. The molecule has 152 valence electrons. The van der Waals surface area contributed by atoms with Crippen LogP contribution in [0.1, 0.15) is 15.5 Å². The van der Waals surface area contributed by atoms with E-state index in [1.54, 1.807) is 10.9 Å². The third kappa shape index (κ3) is 3.32. The number of nitrogens with zero attached hydrogens (tertiary/aromatic N) is 6. The predicted molar refractivity (Wildman–Crippen MR) is 119 cm³/mol. The van der Waals surface area contributed by atoms with Crippen molar-refractivity contribution in [3.8, 4) is 5.69 Å². The highest BCUT2D eigenvalue weighted by Crippen LogP contribution is 2.29. The maximum Gasteiger partial charge on any atom is 0.264 e. The van der Waals surface area contributed by atoms with Crippen LogP contribution in [-0.2, 0) is 0 Å². The first-order valence-electron chi connectivity index (χ1n) is 9.67. The Bertz CT molecular complexity index is 1210. The van der Waals surface area contributed by atoms with E-state index in [9.17, 15) is 4.79 Å². The predicted octanol–water partition coefficient (Wildman–Crippen LogP) is 3.80. The molecular formula is C21H19ClN6OS. The summed E-state index contributed by atoms with van der Waals surface area (Å²) in [6.07, 6.45) is 1.79. The van der Waals surface area contributed by atoms with Gasteiger partial charge in [0, 0.05) is 26.2 Å². The van der Waals surface area contributed by atoms with Crippen LogP contribution in [0.2, 0.25) is 5.02 Å². The van der Waals surface area contributed by atoms with Crippen molar-refractivity contribution >= 4 is 45.7 Å². The molecule has 0 bridgehead atoms. The molecule has 0 atom stereocenters. The Hall–Kier alpha value is -2.97. The van der Waals surface area contributed by atoms with Crippen molar-refractivity contribution in [1.82, 2.24) is 24.6 Å². The molecule has 1 aliphatic rings. The largest absolute Gasteiger partial charge is 0.352 e. The maximum absolute atomic E-state index is 12.6. The molecular weight excluding hydrogens is 420 g/mol. The number of anilines is 1. The Balaban J connectivity index is 1.44. The van der Waals surface area contributed by atoms with Crippen LogP contribution in [0.3, 0.4) is 0 Å². The third-order valence-corrected chi connectivity index (χ3v) is 6.38. The van der Waals surface area contributed by atoms with Crippen molar-refractivity contribution in [3.05, 3.63) is 63.7 Å². The van der Waals surface area contributed by atoms with Gasteiger partial charge in [-0.25, -0.2) is 14.6 Å². The van der Waals surface area contributed by atoms with Crippen LogP contribution in [0.4, 0.5) is 5.82 Å². The number of thiophene rings is 1. The highest BCUT2D eigenvalue weighted by molar-refractivity contribution is 7.12. The highest BCUT2D eigenvalue weighted by Gasteiger charge is 2.25. The number of para-hydroxylation sites is 1. The van der Waals surface area contributed by atoms with Crippen LogP contribution >= 0.6 is 22.9 Å². The van der Waals surface area contributed by atoms with Gasteiger partial charge in [0.15, 0.2) is 5.65 Å². The van der Waals surface area contributed by atoms with Crippen molar-refractivity contribution in [2.75, 3.05) is 31.1 Å². The lowest BCUT2D eigenvalue weighted by molar-refractivity contribution is 0.0751. The van der Waals surface area contributed by atoms with Gasteiger partial charge in [0.2, 0.25) is 0 Å². The van der Waals surface area contributed by atoms with E-state index in [1.165, 1.54) is 11.3 Å². The summed E-state index contributed by atoms with van der Waals surface area (Å²) in [5, 5.41) is 7.96. The first kappa shape index (κ1) is 19.0. The Kier molecular flexibility index (Phi) is 4.88. The van der Waals surface area contributed by atoms with Gasteiger partial charge in [0.05, 0.1) is 27.2 Å². The number of halogens is 1. The molecule has 0 spiro atoms. The van der Waals surface area contributed by atoms with Crippen LogP contribution in [0, 0.1) is 6.92 Å². The molecule has 0 unspecified atom stereocenters. The number of benzene rings is 1. The second kappa shape index (κ2) is 7.70. The van der Waals surface area contributed by atoms with Crippen LogP contribution in [0.5, 0.6) is 0 Å². The molecule has 1 aromatic carbocycles. The van der Waals surface area contributed by atoms with E-state index in [2.05, 4.69) is 15.0 Å². The molecule has 3 aromatic heterocycles. The summed E-state index contributed by atoms with van der Waals surface area (Å²) >= 11 is 7.86. The minimum absolute atomic E-state index is 0.0974. The maximum atomic E-state index is 12.6. The van der Waals surface area contributed by atoms with Crippen LogP contribution in [0.15, 0.2) is 48.0 Å². The molecule has 9 heteroatoms. The number of aryl methyl sites for hydroxylation is 1. The Morgan fingerprint density at radius 1 is 1.07 bits per heavy atom. The lowest BCUT2D eigenvalue weighted by atomic mass is 10.2. The molecule has 0 radical (unpaired) electrons. The zero-order valence-corrected chi connectivity index (χ0v) is 17.9. The van der Waals surface area contributed by atoms with Crippen molar-refractivity contribution < 1.29 is 4.79 Å². The number of hydrogen-bond donors (Lipinski definition) is 0. The fraction of sp³-hybridized carbons (Fsp3) is 0.238. The second-order valence-electron chi connectivity index (χ2n) is 7.10. The average molecular weight is 439 g/mol. The Labute approximate surface area is 182 Å². The normalized spacial score (nSPS) is 14.5. The van der Waals surface area contributed by atoms with Gasteiger partial charge in [-0.1, -0.05) is 29.8 Å². The first-order valence-corrected chi connectivity index (χ1v) is 10.9. The van der Waals surface area contributed by atoms with Crippen LogP contribution < -0.4 is 4.90 Å². The SMILES string of the molecule is Cc1nc(N2CCN(C(=O)c3cccs3)CC2)c2cnn(-c3ccccc3Cl)c2n1. The molecule has 4 heterocycles. The van der Waals surface area contributed by atoms with E-state index in [-0.39, 0.29) is 5.91 Å². The zero-order chi connectivity index (χ0) is 20.7. The number of amides is 1. The number of piperazine rings is 1. The fourth-order valence-electron chi connectivity index (χ4n) is 3.72. The summed E-state index contributed by atoms with van der Waals surface area (Å²) in [7, 11) is 0. The van der Waals surface area contributed by atoms with E-state index in [4.69, 9.17) is 16.6 Å². The third-order valence-electron chi connectivity index (χ3n) is 5.20. The van der Waals surface area contributed by atoms with Crippen molar-refractivity contribution in [2.45, 2.75) is 6.92 Å². The number of fused-ring (bicyclic) bond motifs is 1. The molecule has 7 nitrogen and oxygen atoms in total. The van der Waals surface area contributed by atoms with Crippen molar-refractivity contribution in [1.29, 1.82) is 0 Å². The Morgan fingerprint density at radius 2 is 1.87 bits per heavy atom. The summed E-state index contributed by atoms with van der Waals surface area (Å²) in [5.41, 5.74) is 1.51. The molecule has 4 aromatic rings. The Morgan fingerprint density at radius 3 is 2.60 bits per heavy atom. The van der Waals surface area contributed by atoms with Gasteiger partial charge in [-0.15, -0.1) is 11.3 Å². The standard InChI is InChI=1S/C21H19ClN6OS/c1-14-24-19(26-8-10-27(11-9-26)21(29)18-7-4-12-30-18)15-13-23-28(20(15)25-14)17-6-3-2-5-16(17)22/h2-7,12-13H,8-11H2,1H3. The lowest BCUT2D eigenvalue weighted by Crippen LogP contribution is -2.49. The van der Waals surface area contributed by atoms with Crippen molar-refractivity contribution in [3.63, 3.8) is 0 Å². The number of rotatable bonds is 3. The van der Waals surface area contributed by atoms with Gasteiger partial charge < -0.3 is 9.80 Å². The molecule has 5 rings (SSSR count). The van der Waals surface area contributed by atoms with E-state index in [0.717, 1.165) is 27.4 Å². The number of hydrogen-bond acceptors (Lipinski definition) is 6. The van der Waals surface area contributed by atoms with Gasteiger partial charge >= 0.3 is 0 Å². The van der Waals surface area contributed by atoms with Crippen molar-refractivity contribution in [2.24, 2.45) is 0 Å². The monoisotopic (exact) mass is 438 g/mol. The van der Waals surface area contributed by atoms with Gasteiger partial charge in [0.1, 0.15) is 11.6 Å².